The van der Waals surface area contributed by atoms with Gasteiger partial charge in [0.05, 0.1) is 36.3 Å². The van der Waals surface area contributed by atoms with Gasteiger partial charge < -0.3 is 24.8 Å². The highest BCUT2D eigenvalue weighted by molar-refractivity contribution is 5.93. The summed E-state index contributed by atoms with van der Waals surface area (Å²) in [5.74, 6) is 1.31. The fraction of sp³-hybridized carbons (Fsp3) is 0.435. The van der Waals surface area contributed by atoms with Gasteiger partial charge in [-0.05, 0) is 44.5 Å². The SMILES string of the molecule is COCCOCCCNC(=NCc1ccccc1[N+](=O)[O-])Nc1ccc(OC(C)C)cc1. The van der Waals surface area contributed by atoms with Gasteiger partial charge in [-0.3, -0.25) is 10.1 Å². The molecule has 0 radical (unpaired) electrons. The van der Waals surface area contributed by atoms with Gasteiger partial charge >= 0.3 is 0 Å². The number of aliphatic imine (C=N–C) groups is 1. The molecule has 9 nitrogen and oxygen atoms in total. The fourth-order valence-electron chi connectivity index (χ4n) is 2.78. The lowest BCUT2D eigenvalue weighted by Crippen LogP contribution is -2.32. The number of nitro benzene ring substituents is 1. The predicted molar refractivity (Wildman–Crippen MR) is 125 cm³/mol. The second-order valence-electron chi connectivity index (χ2n) is 7.25. The summed E-state index contributed by atoms with van der Waals surface area (Å²) in [6.07, 6.45) is 0.872. The average Bonchev–Trinajstić information content (AvgIpc) is 2.77. The van der Waals surface area contributed by atoms with Gasteiger partial charge in [-0.1, -0.05) is 18.2 Å². The summed E-state index contributed by atoms with van der Waals surface area (Å²) in [6.45, 7) is 6.46. The van der Waals surface area contributed by atoms with Gasteiger partial charge in [0.15, 0.2) is 5.96 Å². The Labute approximate surface area is 188 Å². The number of nitrogens with one attached hydrogen (secondary N) is 2. The van der Waals surface area contributed by atoms with E-state index in [1.807, 2.05) is 38.1 Å². The van der Waals surface area contributed by atoms with Crippen molar-refractivity contribution in [3.8, 4) is 5.75 Å². The lowest BCUT2D eigenvalue weighted by atomic mass is 10.2. The largest absolute Gasteiger partial charge is 0.491 e. The molecule has 32 heavy (non-hydrogen) atoms. The Bertz CT molecular complexity index is 856. The van der Waals surface area contributed by atoms with Crippen molar-refractivity contribution in [1.82, 2.24) is 5.32 Å². The van der Waals surface area contributed by atoms with E-state index in [0.29, 0.717) is 37.9 Å². The molecule has 9 heteroatoms. The van der Waals surface area contributed by atoms with Crippen LogP contribution in [0.15, 0.2) is 53.5 Å². The first-order chi connectivity index (χ1) is 15.5. The minimum absolute atomic E-state index is 0.0531. The second kappa shape index (κ2) is 14.0. The lowest BCUT2D eigenvalue weighted by molar-refractivity contribution is -0.385. The Hall–Kier alpha value is -3.17. The van der Waals surface area contributed by atoms with E-state index in [1.165, 1.54) is 6.07 Å². The van der Waals surface area contributed by atoms with E-state index in [2.05, 4.69) is 15.6 Å². The Kier molecular flexibility index (Phi) is 11.0. The Morgan fingerprint density at radius 2 is 1.84 bits per heavy atom. The number of methoxy groups -OCH3 is 1. The van der Waals surface area contributed by atoms with Crippen LogP contribution in [0, 0.1) is 10.1 Å². The average molecular weight is 445 g/mol. The van der Waals surface area contributed by atoms with Crippen molar-refractivity contribution in [2.24, 2.45) is 4.99 Å². The van der Waals surface area contributed by atoms with E-state index < -0.39 is 4.92 Å². The zero-order chi connectivity index (χ0) is 23.2. The molecule has 0 aliphatic rings. The predicted octanol–water partition coefficient (Wildman–Crippen LogP) is 3.99. The molecule has 0 heterocycles. The van der Waals surface area contributed by atoms with Crippen molar-refractivity contribution in [2.45, 2.75) is 32.9 Å². The molecule has 2 rings (SSSR count). The summed E-state index contributed by atoms with van der Waals surface area (Å²) in [6, 6.07) is 14.2. The monoisotopic (exact) mass is 444 g/mol. The summed E-state index contributed by atoms with van der Waals surface area (Å²) in [4.78, 5) is 15.4. The molecule has 0 aliphatic carbocycles. The third-order valence-corrected chi connectivity index (χ3v) is 4.27. The van der Waals surface area contributed by atoms with Crippen LogP contribution in [0.5, 0.6) is 5.75 Å². The number of para-hydroxylation sites is 1. The van der Waals surface area contributed by atoms with Crippen LogP contribution in [0.1, 0.15) is 25.8 Å². The van der Waals surface area contributed by atoms with Crippen molar-refractivity contribution in [3.63, 3.8) is 0 Å². The minimum Gasteiger partial charge on any atom is -0.491 e. The Morgan fingerprint density at radius 1 is 1.09 bits per heavy atom. The van der Waals surface area contributed by atoms with Crippen molar-refractivity contribution >= 4 is 17.3 Å². The molecular formula is C23H32N4O5. The molecule has 0 unspecified atom stereocenters. The molecule has 0 saturated carbocycles. The molecule has 174 valence electrons. The maximum atomic E-state index is 11.3. The van der Waals surface area contributed by atoms with Crippen molar-refractivity contribution in [1.29, 1.82) is 0 Å². The molecule has 0 atom stereocenters. The van der Waals surface area contributed by atoms with Crippen LogP contribution in [-0.4, -0.2) is 50.5 Å². The normalized spacial score (nSPS) is 11.4. The van der Waals surface area contributed by atoms with Gasteiger partial charge in [0.2, 0.25) is 0 Å². The van der Waals surface area contributed by atoms with Crippen molar-refractivity contribution in [2.75, 3.05) is 38.8 Å². The van der Waals surface area contributed by atoms with E-state index in [9.17, 15) is 10.1 Å². The van der Waals surface area contributed by atoms with Crippen LogP contribution >= 0.6 is 0 Å². The lowest BCUT2D eigenvalue weighted by Gasteiger charge is -2.14. The highest BCUT2D eigenvalue weighted by atomic mass is 16.6. The molecule has 0 amide bonds. The molecule has 0 fully saturated rings. The zero-order valence-electron chi connectivity index (χ0n) is 18.9. The highest BCUT2D eigenvalue weighted by Gasteiger charge is 2.12. The molecule has 2 aromatic rings. The quantitative estimate of drug-likeness (QED) is 0.158. The number of hydrogen-bond donors (Lipinski definition) is 2. The van der Waals surface area contributed by atoms with Gasteiger partial charge in [0.25, 0.3) is 5.69 Å². The van der Waals surface area contributed by atoms with Gasteiger partial charge in [-0.15, -0.1) is 0 Å². The number of benzene rings is 2. The molecule has 0 aromatic heterocycles. The van der Waals surface area contributed by atoms with E-state index in [0.717, 1.165) is 17.9 Å². The van der Waals surface area contributed by atoms with Crippen LogP contribution in [0.2, 0.25) is 0 Å². The molecule has 0 spiro atoms. The first-order valence-corrected chi connectivity index (χ1v) is 10.6. The van der Waals surface area contributed by atoms with Gasteiger partial charge in [-0.2, -0.15) is 0 Å². The van der Waals surface area contributed by atoms with Gasteiger partial charge in [-0.25, -0.2) is 4.99 Å². The topological polar surface area (TPSA) is 107 Å². The first-order valence-electron chi connectivity index (χ1n) is 10.6. The molecule has 2 aromatic carbocycles. The number of nitrogens with zero attached hydrogens (tertiary/aromatic N) is 2. The van der Waals surface area contributed by atoms with E-state index in [-0.39, 0.29) is 18.3 Å². The Balaban J connectivity index is 2.03. The zero-order valence-corrected chi connectivity index (χ0v) is 18.9. The van der Waals surface area contributed by atoms with Crippen LogP contribution in [0.25, 0.3) is 0 Å². The minimum atomic E-state index is -0.393. The van der Waals surface area contributed by atoms with Crippen molar-refractivity contribution < 1.29 is 19.1 Å². The molecule has 0 saturated heterocycles. The summed E-state index contributed by atoms with van der Waals surface area (Å²) in [5, 5.41) is 17.8. The number of rotatable bonds is 13. The van der Waals surface area contributed by atoms with Crippen LogP contribution in [0.4, 0.5) is 11.4 Å². The van der Waals surface area contributed by atoms with Crippen LogP contribution < -0.4 is 15.4 Å². The van der Waals surface area contributed by atoms with Gasteiger partial charge in [0, 0.05) is 32.0 Å². The number of guanidine groups is 1. The summed E-state index contributed by atoms with van der Waals surface area (Å²) in [7, 11) is 1.64. The Morgan fingerprint density at radius 3 is 2.53 bits per heavy atom. The van der Waals surface area contributed by atoms with E-state index >= 15 is 0 Å². The standard InChI is InChI=1S/C23H32N4O5/c1-18(2)32-21-11-9-20(10-12-21)26-23(24-13-6-14-31-16-15-30-3)25-17-19-7-4-5-8-22(19)27(28)29/h4-5,7-12,18H,6,13-17H2,1-3H3,(H2,24,25,26). The number of anilines is 1. The highest BCUT2D eigenvalue weighted by Crippen LogP contribution is 2.19. The van der Waals surface area contributed by atoms with E-state index in [1.54, 1.807) is 25.3 Å². The molecule has 2 N–H and O–H groups in total. The smallest absolute Gasteiger partial charge is 0.274 e. The first kappa shape index (κ1) is 25.1. The number of ether oxygens (including phenoxy) is 3. The fourth-order valence-corrected chi connectivity index (χ4v) is 2.78. The third kappa shape index (κ3) is 9.32. The summed E-state index contributed by atoms with van der Waals surface area (Å²) >= 11 is 0. The van der Waals surface area contributed by atoms with Crippen LogP contribution in [0.3, 0.4) is 0 Å². The van der Waals surface area contributed by atoms with Gasteiger partial charge in [0.1, 0.15) is 5.75 Å². The number of nitro groups is 1. The summed E-state index contributed by atoms with van der Waals surface area (Å²) < 4.78 is 16.1. The molecular weight excluding hydrogens is 412 g/mol. The molecule has 0 bridgehead atoms. The van der Waals surface area contributed by atoms with Crippen molar-refractivity contribution in [3.05, 3.63) is 64.2 Å². The van der Waals surface area contributed by atoms with E-state index in [4.69, 9.17) is 14.2 Å². The van der Waals surface area contributed by atoms with Crippen LogP contribution in [-0.2, 0) is 16.0 Å². The second-order valence-corrected chi connectivity index (χ2v) is 7.25. The third-order valence-electron chi connectivity index (χ3n) is 4.27. The number of hydrogen-bond acceptors (Lipinski definition) is 6. The summed E-state index contributed by atoms with van der Waals surface area (Å²) in [5.41, 5.74) is 1.42. The maximum Gasteiger partial charge on any atom is 0.274 e. The maximum absolute atomic E-state index is 11.3. The molecule has 0 aliphatic heterocycles.